The Kier molecular flexibility index (Phi) is 6.65. The largest absolute Gasteiger partial charge is 0.350 e. The normalized spacial score (nSPS) is 10.8. The number of carbonyl (C=O) groups excluding carboxylic acids is 2. The van der Waals surface area contributed by atoms with Crippen LogP contribution in [-0.4, -0.2) is 23.1 Å². The summed E-state index contributed by atoms with van der Waals surface area (Å²) in [6.07, 6.45) is 0. The summed E-state index contributed by atoms with van der Waals surface area (Å²) in [7, 11) is 0. The van der Waals surface area contributed by atoms with Crippen molar-refractivity contribution >= 4 is 29.3 Å². The third-order valence-corrected chi connectivity index (χ3v) is 4.42. The SMILES string of the molecule is CC(C)NC(=O)c1ccccc1NC(=O)c1ccccc1SC(C)C. The zero-order valence-electron chi connectivity index (χ0n) is 15.0. The van der Waals surface area contributed by atoms with Crippen LogP contribution in [0.1, 0.15) is 48.4 Å². The van der Waals surface area contributed by atoms with Gasteiger partial charge in [-0.25, -0.2) is 0 Å². The van der Waals surface area contributed by atoms with Crippen molar-refractivity contribution < 1.29 is 9.59 Å². The van der Waals surface area contributed by atoms with Crippen molar-refractivity contribution in [3.8, 4) is 0 Å². The molecule has 2 amide bonds. The van der Waals surface area contributed by atoms with E-state index in [0.29, 0.717) is 22.1 Å². The van der Waals surface area contributed by atoms with Gasteiger partial charge in [-0.2, -0.15) is 0 Å². The molecule has 0 heterocycles. The lowest BCUT2D eigenvalue weighted by atomic mass is 10.1. The third kappa shape index (κ3) is 5.36. The highest BCUT2D eigenvalue weighted by molar-refractivity contribution is 8.00. The Morgan fingerprint density at radius 3 is 2.08 bits per heavy atom. The molecule has 25 heavy (non-hydrogen) atoms. The number of carbonyl (C=O) groups is 2. The molecule has 2 N–H and O–H groups in total. The van der Waals surface area contributed by atoms with E-state index < -0.39 is 0 Å². The van der Waals surface area contributed by atoms with Crippen LogP contribution in [-0.2, 0) is 0 Å². The van der Waals surface area contributed by atoms with Gasteiger partial charge in [0, 0.05) is 16.2 Å². The number of thioether (sulfide) groups is 1. The summed E-state index contributed by atoms with van der Waals surface area (Å²) < 4.78 is 0. The van der Waals surface area contributed by atoms with Crippen molar-refractivity contribution in [1.29, 1.82) is 0 Å². The van der Waals surface area contributed by atoms with Gasteiger partial charge in [0.2, 0.25) is 0 Å². The average molecular weight is 356 g/mol. The molecule has 2 rings (SSSR count). The summed E-state index contributed by atoms with van der Waals surface area (Å²) in [5, 5.41) is 6.11. The summed E-state index contributed by atoms with van der Waals surface area (Å²) in [6.45, 7) is 7.98. The molecule has 0 fully saturated rings. The third-order valence-electron chi connectivity index (χ3n) is 3.33. The Morgan fingerprint density at radius 2 is 1.44 bits per heavy atom. The molecule has 0 aliphatic heterocycles. The maximum atomic E-state index is 12.8. The molecule has 0 atom stereocenters. The number of benzene rings is 2. The van der Waals surface area contributed by atoms with Gasteiger partial charge in [0.05, 0.1) is 16.8 Å². The van der Waals surface area contributed by atoms with E-state index in [2.05, 4.69) is 24.5 Å². The van der Waals surface area contributed by atoms with Gasteiger partial charge in [-0.15, -0.1) is 11.8 Å². The first-order valence-corrected chi connectivity index (χ1v) is 9.23. The maximum absolute atomic E-state index is 12.8. The van der Waals surface area contributed by atoms with Crippen molar-refractivity contribution in [2.45, 2.75) is 43.9 Å². The highest BCUT2D eigenvalue weighted by Gasteiger charge is 2.17. The zero-order chi connectivity index (χ0) is 18.4. The van der Waals surface area contributed by atoms with Crippen LogP contribution in [0.2, 0.25) is 0 Å². The monoisotopic (exact) mass is 356 g/mol. The molecule has 4 nitrogen and oxygen atoms in total. The predicted octanol–water partition coefficient (Wildman–Crippen LogP) is 4.58. The molecule has 0 aliphatic rings. The molecule has 2 aromatic carbocycles. The van der Waals surface area contributed by atoms with E-state index in [1.165, 1.54) is 0 Å². The van der Waals surface area contributed by atoms with E-state index in [0.717, 1.165) is 4.90 Å². The second-order valence-electron chi connectivity index (χ2n) is 6.29. The first-order valence-electron chi connectivity index (χ1n) is 8.35. The standard InChI is InChI=1S/C20H24N2O2S/c1-13(2)21-19(23)15-9-5-7-11-17(15)22-20(24)16-10-6-8-12-18(16)25-14(3)4/h5-14H,1-4H3,(H,21,23)(H,22,24). The van der Waals surface area contributed by atoms with E-state index in [9.17, 15) is 9.59 Å². The fraction of sp³-hybridized carbons (Fsp3) is 0.300. The number of amides is 2. The molecule has 0 unspecified atom stereocenters. The van der Waals surface area contributed by atoms with Crippen molar-refractivity contribution in [2.24, 2.45) is 0 Å². The van der Waals surface area contributed by atoms with Crippen LogP contribution >= 0.6 is 11.8 Å². The molecule has 2 aromatic rings. The van der Waals surface area contributed by atoms with Gasteiger partial charge < -0.3 is 10.6 Å². The molecule has 0 aromatic heterocycles. The topological polar surface area (TPSA) is 58.2 Å². The quantitative estimate of drug-likeness (QED) is 0.745. The van der Waals surface area contributed by atoms with E-state index in [1.54, 1.807) is 42.1 Å². The molecule has 0 spiro atoms. The van der Waals surface area contributed by atoms with Gasteiger partial charge in [-0.05, 0) is 38.1 Å². The number of hydrogen-bond acceptors (Lipinski definition) is 3. The highest BCUT2D eigenvalue weighted by atomic mass is 32.2. The van der Waals surface area contributed by atoms with Crippen molar-refractivity contribution in [3.05, 3.63) is 59.7 Å². The molecule has 0 saturated heterocycles. The van der Waals surface area contributed by atoms with E-state index >= 15 is 0 Å². The Balaban J connectivity index is 2.26. The summed E-state index contributed by atoms with van der Waals surface area (Å²) in [5.41, 5.74) is 1.58. The average Bonchev–Trinajstić information content (AvgIpc) is 2.54. The second-order valence-corrected chi connectivity index (χ2v) is 7.91. The second kappa shape index (κ2) is 8.72. The van der Waals surface area contributed by atoms with Crippen LogP contribution in [0.4, 0.5) is 5.69 Å². The lowest BCUT2D eigenvalue weighted by Crippen LogP contribution is -2.31. The van der Waals surface area contributed by atoms with Crippen LogP contribution in [0.25, 0.3) is 0 Å². The number of hydrogen-bond donors (Lipinski definition) is 2. The molecular weight excluding hydrogens is 332 g/mol. The van der Waals surface area contributed by atoms with Gasteiger partial charge in [-0.1, -0.05) is 38.1 Å². The molecule has 5 heteroatoms. The van der Waals surface area contributed by atoms with E-state index in [4.69, 9.17) is 0 Å². The Morgan fingerprint density at radius 1 is 0.840 bits per heavy atom. The maximum Gasteiger partial charge on any atom is 0.256 e. The Bertz CT molecular complexity index is 757. The van der Waals surface area contributed by atoms with E-state index in [-0.39, 0.29) is 17.9 Å². The lowest BCUT2D eigenvalue weighted by Gasteiger charge is -2.15. The van der Waals surface area contributed by atoms with E-state index in [1.807, 2.05) is 32.0 Å². The molecule has 0 aliphatic carbocycles. The number of anilines is 1. The van der Waals surface area contributed by atoms with Gasteiger partial charge in [0.15, 0.2) is 0 Å². The number of rotatable bonds is 6. The number of nitrogens with one attached hydrogen (secondary N) is 2. The Labute approximate surface area is 153 Å². The van der Waals surface area contributed by atoms with Crippen LogP contribution in [0, 0.1) is 0 Å². The minimum atomic E-state index is -0.214. The predicted molar refractivity (Wildman–Crippen MR) is 104 cm³/mol. The van der Waals surface area contributed by atoms with Crippen LogP contribution in [0.15, 0.2) is 53.4 Å². The van der Waals surface area contributed by atoms with Gasteiger partial charge in [-0.3, -0.25) is 9.59 Å². The van der Waals surface area contributed by atoms with Gasteiger partial charge >= 0.3 is 0 Å². The highest BCUT2D eigenvalue weighted by Crippen LogP contribution is 2.27. The van der Waals surface area contributed by atoms with Crippen LogP contribution < -0.4 is 10.6 Å². The lowest BCUT2D eigenvalue weighted by molar-refractivity contribution is 0.0944. The van der Waals surface area contributed by atoms with Crippen molar-refractivity contribution in [1.82, 2.24) is 5.32 Å². The fourth-order valence-electron chi connectivity index (χ4n) is 2.33. The van der Waals surface area contributed by atoms with Crippen LogP contribution in [0.5, 0.6) is 0 Å². The summed E-state index contributed by atoms with van der Waals surface area (Å²) in [4.78, 5) is 26.0. The van der Waals surface area contributed by atoms with Crippen molar-refractivity contribution in [2.75, 3.05) is 5.32 Å². The summed E-state index contributed by atoms with van der Waals surface area (Å²) in [5.74, 6) is -0.413. The summed E-state index contributed by atoms with van der Waals surface area (Å²) in [6, 6.07) is 14.6. The molecule has 0 bridgehead atoms. The summed E-state index contributed by atoms with van der Waals surface area (Å²) >= 11 is 1.64. The molecule has 132 valence electrons. The molecular formula is C20H24N2O2S. The first-order chi connectivity index (χ1) is 11.9. The van der Waals surface area contributed by atoms with Crippen molar-refractivity contribution in [3.63, 3.8) is 0 Å². The number of para-hydroxylation sites is 1. The fourth-order valence-corrected chi connectivity index (χ4v) is 3.28. The van der Waals surface area contributed by atoms with Gasteiger partial charge in [0.1, 0.15) is 0 Å². The minimum Gasteiger partial charge on any atom is -0.350 e. The zero-order valence-corrected chi connectivity index (χ0v) is 15.8. The molecule has 0 radical (unpaired) electrons. The Hall–Kier alpha value is -2.27. The minimum absolute atomic E-state index is 0.0272. The van der Waals surface area contributed by atoms with Gasteiger partial charge in [0.25, 0.3) is 11.8 Å². The molecule has 0 saturated carbocycles. The first kappa shape index (κ1) is 19.1. The van der Waals surface area contributed by atoms with Crippen LogP contribution in [0.3, 0.4) is 0 Å². The smallest absolute Gasteiger partial charge is 0.256 e.